The van der Waals surface area contributed by atoms with E-state index in [0.717, 1.165) is 48.7 Å². The van der Waals surface area contributed by atoms with Gasteiger partial charge in [-0.05, 0) is 48.9 Å². The van der Waals surface area contributed by atoms with Crippen molar-refractivity contribution in [2.24, 2.45) is 17.8 Å². The maximum absolute atomic E-state index is 14.0. The molecule has 0 radical (unpaired) electrons. The van der Waals surface area contributed by atoms with E-state index in [0.29, 0.717) is 11.9 Å². The topological polar surface area (TPSA) is 159 Å². The van der Waals surface area contributed by atoms with Crippen molar-refractivity contribution in [1.29, 1.82) is 0 Å². The van der Waals surface area contributed by atoms with Crippen LogP contribution in [0.2, 0.25) is 0 Å². The van der Waals surface area contributed by atoms with E-state index >= 15 is 0 Å². The molecule has 47 heavy (non-hydrogen) atoms. The van der Waals surface area contributed by atoms with Gasteiger partial charge < -0.3 is 20.3 Å². The number of hydrogen-bond acceptors (Lipinski definition) is 6. The number of sulfonamides is 1. The highest BCUT2D eigenvalue weighted by Crippen LogP contribution is 2.27. The number of aryl methyl sites for hydroxylation is 1. The minimum atomic E-state index is -4.18. The largest absolute Gasteiger partial charge is 0.481 e. The number of aromatic nitrogens is 2. The van der Waals surface area contributed by atoms with Gasteiger partial charge in [-0.15, -0.1) is 0 Å². The molecule has 0 fully saturated rings. The van der Waals surface area contributed by atoms with Crippen molar-refractivity contribution in [3.8, 4) is 0 Å². The summed E-state index contributed by atoms with van der Waals surface area (Å²) in [6.07, 6.45) is 7.75. The molecule has 0 spiro atoms. The first kappa shape index (κ1) is 34.1. The number of amides is 2. The number of carbonyl (C=O) groups is 3. The number of carbonyl (C=O) groups excluding carboxylic acids is 2. The summed E-state index contributed by atoms with van der Waals surface area (Å²) in [6, 6.07) is 15.2. The first-order chi connectivity index (χ1) is 22.5. The molecule has 5 rings (SSSR count). The number of rotatable bonds is 10. The van der Waals surface area contributed by atoms with Crippen LogP contribution in [0.5, 0.6) is 0 Å². The summed E-state index contributed by atoms with van der Waals surface area (Å²) < 4.78 is 31.5. The minimum Gasteiger partial charge on any atom is -0.481 e. The number of aliphatic carboxylic acids is 1. The van der Waals surface area contributed by atoms with Crippen molar-refractivity contribution in [2.45, 2.75) is 69.9 Å². The van der Waals surface area contributed by atoms with E-state index in [1.165, 1.54) is 12.3 Å². The molecule has 0 saturated heterocycles. The second kappa shape index (κ2) is 15.1. The smallest absolute Gasteiger partial charge is 0.308 e. The van der Waals surface area contributed by atoms with Gasteiger partial charge in [-0.2, -0.15) is 0 Å². The Hall–Kier alpha value is -4.29. The van der Waals surface area contributed by atoms with Gasteiger partial charge in [0.25, 0.3) is 0 Å². The summed E-state index contributed by atoms with van der Waals surface area (Å²) in [5, 5.41) is 17.8. The molecule has 0 saturated carbocycles. The van der Waals surface area contributed by atoms with Gasteiger partial charge in [-0.25, -0.2) is 13.1 Å². The van der Waals surface area contributed by atoms with Gasteiger partial charge in [0.15, 0.2) is 0 Å². The van der Waals surface area contributed by atoms with E-state index in [2.05, 4.69) is 24.9 Å². The Kier molecular flexibility index (Phi) is 10.9. The number of nitrogens with one attached hydrogen (secondary N) is 3. The number of carboxylic acids is 1. The van der Waals surface area contributed by atoms with Gasteiger partial charge in [0.1, 0.15) is 10.9 Å². The van der Waals surface area contributed by atoms with Crippen LogP contribution in [0.3, 0.4) is 0 Å². The molecule has 0 aliphatic carbocycles. The number of fused-ring (bicyclic) bond motifs is 6. The third-order valence-corrected chi connectivity index (χ3v) is 10.3. The molecule has 12 heteroatoms. The Morgan fingerprint density at radius 2 is 1.79 bits per heavy atom. The van der Waals surface area contributed by atoms with Crippen LogP contribution in [0.25, 0.3) is 21.8 Å². The minimum absolute atomic E-state index is 0.0792. The molecule has 2 unspecified atom stereocenters. The van der Waals surface area contributed by atoms with Crippen molar-refractivity contribution in [3.05, 3.63) is 72.6 Å². The highest BCUT2D eigenvalue weighted by molar-refractivity contribution is 7.89. The molecule has 250 valence electrons. The maximum atomic E-state index is 14.0. The van der Waals surface area contributed by atoms with Crippen molar-refractivity contribution in [3.63, 3.8) is 0 Å². The SMILES string of the molecule is CC(C)C[C@@H](C(=O)NC1Cc2cn(c3ccccc23)CCCCCCNC1=O)C(CNS(=O)(=O)c1cccc2cccnc12)C(=O)O. The van der Waals surface area contributed by atoms with Crippen molar-refractivity contribution in [2.75, 3.05) is 13.1 Å². The fourth-order valence-electron chi connectivity index (χ4n) is 6.41. The quantitative estimate of drug-likeness (QED) is 0.198. The van der Waals surface area contributed by atoms with Gasteiger partial charge in [-0.3, -0.25) is 19.4 Å². The highest BCUT2D eigenvalue weighted by atomic mass is 32.2. The fourth-order valence-corrected chi connectivity index (χ4v) is 7.65. The number of para-hydroxylation sites is 2. The van der Waals surface area contributed by atoms with Gasteiger partial charge in [0, 0.05) is 54.7 Å². The van der Waals surface area contributed by atoms with E-state index in [-0.39, 0.29) is 35.1 Å². The Labute approximate surface area is 275 Å². The molecule has 1 aliphatic heterocycles. The first-order valence-corrected chi connectivity index (χ1v) is 17.7. The van der Waals surface area contributed by atoms with Crippen LogP contribution in [0.1, 0.15) is 51.5 Å². The van der Waals surface area contributed by atoms with Crippen molar-refractivity contribution >= 4 is 49.6 Å². The Bertz CT molecular complexity index is 1850. The van der Waals surface area contributed by atoms with Crippen LogP contribution in [0, 0.1) is 17.8 Å². The summed E-state index contributed by atoms with van der Waals surface area (Å²) in [6.45, 7) is 4.54. The molecule has 4 N–H and O–H groups in total. The Morgan fingerprint density at radius 3 is 2.57 bits per heavy atom. The number of carboxylic acid groups (broad SMARTS) is 1. The zero-order valence-corrected chi connectivity index (χ0v) is 27.6. The standard InChI is InChI=1S/C35H43N5O6S/c1-23(2)19-27(28(35(43)44)21-38-47(45,46)31-15-9-11-24-12-10-17-36-32(24)31)33(41)39-29-20-25-22-40(30-14-6-5-13-26(25)30)18-8-4-3-7-16-37-34(29)42/h5-6,9-15,17,22-23,27-29,38H,3-4,7-8,16,18-21H2,1-2H3,(H,37,42)(H,39,41)(H,43,44)/t27-,28?,29?/m1/s1. The van der Waals surface area contributed by atoms with Crippen molar-refractivity contribution in [1.82, 2.24) is 24.9 Å². The summed E-state index contributed by atoms with van der Waals surface area (Å²) in [5.41, 5.74) is 2.23. The van der Waals surface area contributed by atoms with Crippen LogP contribution >= 0.6 is 0 Å². The average Bonchev–Trinajstić information content (AvgIpc) is 3.39. The molecule has 2 bridgehead atoms. The Balaban J connectivity index is 1.41. The lowest BCUT2D eigenvalue weighted by molar-refractivity contribution is -0.147. The Morgan fingerprint density at radius 1 is 1.02 bits per heavy atom. The number of pyridine rings is 1. The van der Waals surface area contributed by atoms with Gasteiger partial charge >= 0.3 is 5.97 Å². The van der Waals surface area contributed by atoms with E-state index in [9.17, 15) is 27.9 Å². The first-order valence-electron chi connectivity index (χ1n) is 16.3. The number of benzene rings is 2. The molecule has 2 aromatic carbocycles. The number of hydrogen-bond donors (Lipinski definition) is 4. The van der Waals surface area contributed by atoms with Crippen LogP contribution in [-0.2, 0) is 37.4 Å². The molecular weight excluding hydrogens is 618 g/mol. The van der Waals surface area contributed by atoms with E-state index < -0.39 is 46.3 Å². The molecular formula is C35H43N5O6S. The van der Waals surface area contributed by atoms with Gasteiger partial charge in [-0.1, -0.05) is 63.1 Å². The van der Waals surface area contributed by atoms with E-state index in [1.807, 2.05) is 44.3 Å². The second-order valence-corrected chi connectivity index (χ2v) is 14.4. The highest BCUT2D eigenvalue weighted by Gasteiger charge is 2.37. The van der Waals surface area contributed by atoms with Crippen LogP contribution < -0.4 is 15.4 Å². The fraction of sp³-hybridized carbons (Fsp3) is 0.429. The normalized spacial score (nSPS) is 17.7. The zero-order valence-electron chi connectivity index (χ0n) is 26.8. The monoisotopic (exact) mass is 661 g/mol. The van der Waals surface area contributed by atoms with Crippen LogP contribution in [-0.4, -0.2) is 60.0 Å². The summed E-state index contributed by atoms with van der Waals surface area (Å²) in [5.74, 6) is -4.85. The molecule has 11 nitrogen and oxygen atoms in total. The third kappa shape index (κ3) is 8.17. The van der Waals surface area contributed by atoms with Crippen molar-refractivity contribution < 1.29 is 27.9 Å². The van der Waals surface area contributed by atoms with E-state index in [4.69, 9.17) is 0 Å². The lowest BCUT2D eigenvalue weighted by atomic mass is 9.84. The zero-order chi connectivity index (χ0) is 33.6. The molecule has 4 aromatic rings. The predicted octanol–water partition coefficient (Wildman–Crippen LogP) is 4.25. The third-order valence-electron chi connectivity index (χ3n) is 8.80. The molecule has 2 aromatic heterocycles. The average molecular weight is 662 g/mol. The molecule has 3 heterocycles. The molecule has 1 aliphatic rings. The molecule has 2 amide bonds. The maximum Gasteiger partial charge on any atom is 0.308 e. The summed E-state index contributed by atoms with van der Waals surface area (Å²) in [7, 11) is -4.18. The lowest BCUT2D eigenvalue weighted by Gasteiger charge is -2.27. The molecule has 3 atom stereocenters. The second-order valence-electron chi connectivity index (χ2n) is 12.7. The predicted molar refractivity (Wildman–Crippen MR) is 180 cm³/mol. The number of nitrogens with zero attached hydrogens (tertiary/aromatic N) is 2. The summed E-state index contributed by atoms with van der Waals surface area (Å²) in [4.78, 5) is 44.3. The van der Waals surface area contributed by atoms with Crippen LogP contribution in [0.15, 0.2) is 71.9 Å². The van der Waals surface area contributed by atoms with Crippen LogP contribution in [0.4, 0.5) is 0 Å². The van der Waals surface area contributed by atoms with E-state index in [1.54, 1.807) is 24.3 Å². The lowest BCUT2D eigenvalue weighted by Crippen LogP contribution is -2.52. The van der Waals surface area contributed by atoms with Gasteiger partial charge in [0.05, 0.1) is 17.4 Å². The summed E-state index contributed by atoms with van der Waals surface area (Å²) >= 11 is 0. The van der Waals surface area contributed by atoms with Gasteiger partial charge in [0.2, 0.25) is 21.8 Å².